The van der Waals surface area contributed by atoms with Gasteiger partial charge in [-0.05, 0) is 41.6 Å². The van der Waals surface area contributed by atoms with E-state index in [0.29, 0.717) is 5.02 Å². The summed E-state index contributed by atoms with van der Waals surface area (Å²) in [6.07, 6.45) is 0.850. The normalized spacial score (nSPS) is 10.4. The molecule has 20 heavy (non-hydrogen) atoms. The predicted molar refractivity (Wildman–Crippen MR) is 87.4 cm³/mol. The number of carbonyl (C=O) groups excluding carboxylic acids is 1. The van der Waals surface area contributed by atoms with Gasteiger partial charge in [-0.1, -0.05) is 18.5 Å². The minimum atomic E-state index is -0.0813. The summed E-state index contributed by atoms with van der Waals surface area (Å²) in [6, 6.07) is 7.47. The maximum atomic E-state index is 12.4. The Hall–Kier alpha value is -1.52. The zero-order valence-corrected chi connectivity index (χ0v) is 13.3. The molecule has 0 unspecified atom stereocenters. The first kappa shape index (κ1) is 14.9. The van der Waals surface area contributed by atoms with Gasteiger partial charge in [-0.25, -0.2) is 0 Å². The molecule has 1 aromatic heterocycles. The highest BCUT2D eigenvalue weighted by molar-refractivity contribution is 7.12. The smallest absolute Gasteiger partial charge is 0.266 e. The number of carbonyl (C=O) groups is 1. The molecule has 0 aliphatic rings. The van der Waals surface area contributed by atoms with Gasteiger partial charge < -0.3 is 10.2 Å². The third-order valence-corrected chi connectivity index (χ3v) is 4.21. The van der Waals surface area contributed by atoms with E-state index >= 15 is 0 Å². The predicted octanol–water partition coefficient (Wildman–Crippen LogP) is 4.28. The second-order valence-corrected chi connectivity index (χ2v) is 5.99. The molecule has 5 heteroatoms. The number of aryl methyl sites for hydroxylation is 1. The summed E-state index contributed by atoms with van der Waals surface area (Å²) in [5.74, 6) is -0.0813. The number of anilines is 2. The van der Waals surface area contributed by atoms with Crippen molar-refractivity contribution in [3.05, 3.63) is 45.1 Å². The van der Waals surface area contributed by atoms with Crippen LogP contribution >= 0.6 is 22.9 Å². The zero-order valence-electron chi connectivity index (χ0n) is 11.7. The number of hydrogen-bond acceptors (Lipinski definition) is 3. The first-order chi connectivity index (χ1) is 9.52. The highest BCUT2D eigenvalue weighted by Gasteiger charge is 2.14. The van der Waals surface area contributed by atoms with Crippen LogP contribution in [-0.4, -0.2) is 20.0 Å². The molecular weight excluding hydrogens is 292 g/mol. The van der Waals surface area contributed by atoms with Crippen LogP contribution in [0.5, 0.6) is 0 Å². The Kier molecular flexibility index (Phi) is 4.68. The molecule has 0 aliphatic heterocycles. The van der Waals surface area contributed by atoms with Crippen LogP contribution in [0, 0.1) is 0 Å². The van der Waals surface area contributed by atoms with Crippen LogP contribution in [0.3, 0.4) is 0 Å². The van der Waals surface area contributed by atoms with E-state index in [2.05, 4.69) is 5.32 Å². The van der Waals surface area contributed by atoms with Gasteiger partial charge in [0.25, 0.3) is 5.91 Å². The van der Waals surface area contributed by atoms with Crippen LogP contribution in [0.1, 0.15) is 22.2 Å². The first-order valence-electron chi connectivity index (χ1n) is 6.37. The van der Waals surface area contributed by atoms with E-state index in [1.807, 2.05) is 49.5 Å². The Morgan fingerprint density at radius 2 is 2.10 bits per heavy atom. The molecule has 3 nitrogen and oxygen atoms in total. The molecule has 0 atom stereocenters. The number of hydrogen-bond donors (Lipinski definition) is 1. The van der Waals surface area contributed by atoms with Crippen LogP contribution in [0.15, 0.2) is 29.6 Å². The van der Waals surface area contributed by atoms with Crippen molar-refractivity contribution in [1.82, 2.24) is 0 Å². The van der Waals surface area contributed by atoms with E-state index < -0.39 is 0 Å². The quantitative estimate of drug-likeness (QED) is 0.914. The molecule has 2 aromatic rings. The molecule has 0 saturated heterocycles. The van der Waals surface area contributed by atoms with Gasteiger partial charge in [0.1, 0.15) is 0 Å². The highest BCUT2D eigenvalue weighted by atomic mass is 35.5. The van der Waals surface area contributed by atoms with Crippen molar-refractivity contribution in [1.29, 1.82) is 0 Å². The molecule has 1 aromatic carbocycles. The maximum Gasteiger partial charge on any atom is 0.266 e. The summed E-state index contributed by atoms with van der Waals surface area (Å²) >= 11 is 7.48. The van der Waals surface area contributed by atoms with Gasteiger partial charge in [0.15, 0.2) is 0 Å². The van der Waals surface area contributed by atoms with Gasteiger partial charge in [-0.15, -0.1) is 11.3 Å². The van der Waals surface area contributed by atoms with Crippen molar-refractivity contribution >= 4 is 40.2 Å². The summed E-state index contributed by atoms with van der Waals surface area (Å²) in [7, 11) is 3.86. The minimum Gasteiger partial charge on any atom is -0.376 e. The van der Waals surface area contributed by atoms with E-state index in [-0.39, 0.29) is 5.91 Å². The van der Waals surface area contributed by atoms with Crippen molar-refractivity contribution in [3.63, 3.8) is 0 Å². The molecular formula is C15H17ClN2OS. The Morgan fingerprint density at radius 1 is 1.35 bits per heavy atom. The molecule has 0 spiro atoms. The topological polar surface area (TPSA) is 32.3 Å². The van der Waals surface area contributed by atoms with E-state index in [1.54, 1.807) is 6.07 Å². The molecule has 0 saturated carbocycles. The number of halogens is 1. The molecule has 1 heterocycles. The SMILES string of the molecule is CCc1ccsc1C(=O)Nc1cc(Cl)ccc1N(C)C. The van der Waals surface area contributed by atoms with Crippen molar-refractivity contribution < 1.29 is 4.79 Å². The van der Waals surface area contributed by atoms with Crippen molar-refractivity contribution in [3.8, 4) is 0 Å². The van der Waals surface area contributed by atoms with Crippen molar-refractivity contribution in [2.75, 3.05) is 24.3 Å². The van der Waals surface area contributed by atoms with Gasteiger partial charge in [0.05, 0.1) is 16.3 Å². The van der Waals surface area contributed by atoms with Crippen LogP contribution in [-0.2, 0) is 6.42 Å². The fourth-order valence-electron chi connectivity index (χ4n) is 1.99. The fraction of sp³-hybridized carbons (Fsp3) is 0.267. The third-order valence-electron chi connectivity index (χ3n) is 3.02. The average molecular weight is 309 g/mol. The Labute approximate surface area is 128 Å². The maximum absolute atomic E-state index is 12.4. The number of benzene rings is 1. The van der Waals surface area contributed by atoms with Crippen molar-refractivity contribution in [2.45, 2.75) is 13.3 Å². The lowest BCUT2D eigenvalue weighted by molar-refractivity contribution is 0.103. The number of rotatable bonds is 4. The molecule has 0 bridgehead atoms. The van der Waals surface area contributed by atoms with Gasteiger partial charge in [0.2, 0.25) is 0 Å². The number of nitrogens with zero attached hydrogens (tertiary/aromatic N) is 1. The standard InChI is InChI=1S/C15H17ClN2OS/c1-4-10-7-8-20-14(10)15(19)17-12-9-11(16)5-6-13(12)18(2)3/h5-9H,4H2,1-3H3,(H,17,19). The number of nitrogens with one attached hydrogen (secondary N) is 1. The van der Waals surface area contributed by atoms with Gasteiger partial charge in [0, 0.05) is 19.1 Å². The Balaban J connectivity index is 2.30. The third kappa shape index (κ3) is 3.14. The lowest BCUT2D eigenvalue weighted by Gasteiger charge is -2.18. The van der Waals surface area contributed by atoms with E-state index in [1.165, 1.54) is 11.3 Å². The largest absolute Gasteiger partial charge is 0.376 e. The minimum absolute atomic E-state index is 0.0813. The summed E-state index contributed by atoms with van der Waals surface area (Å²) in [4.78, 5) is 15.1. The molecule has 1 amide bonds. The van der Waals surface area contributed by atoms with E-state index in [4.69, 9.17) is 11.6 Å². The zero-order chi connectivity index (χ0) is 14.7. The average Bonchev–Trinajstić information content (AvgIpc) is 2.86. The molecule has 106 valence electrons. The lowest BCUT2D eigenvalue weighted by atomic mass is 10.2. The molecule has 1 N–H and O–H groups in total. The molecule has 0 radical (unpaired) electrons. The first-order valence-corrected chi connectivity index (χ1v) is 7.63. The monoisotopic (exact) mass is 308 g/mol. The summed E-state index contributed by atoms with van der Waals surface area (Å²) in [5.41, 5.74) is 2.72. The number of amides is 1. The summed E-state index contributed by atoms with van der Waals surface area (Å²) < 4.78 is 0. The van der Waals surface area contributed by atoms with Gasteiger partial charge >= 0.3 is 0 Å². The van der Waals surface area contributed by atoms with Crippen LogP contribution < -0.4 is 10.2 Å². The number of thiophene rings is 1. The van der Waals surface area contributed by atoms with Gasteiger partial charge in [-0.3, -0.25) is 4.79 Å². The highest BCUT2D eigenvalue weighted by Crippen LogP contribution is 2.29. The van der Waals surface area contributed by atoms with E-state index in [9.17, 15) is 4.79 Å². The fourth-order valence-corrected chi connectivity index (χ4v) is 3.05. The van der Waals surface area contributed by atoms with E-state index in [0.717, 1.165) is 28.2 Å². The van der Waals surface area contributed by atoms with Crippen molar-refractivity contribution in [2.24, 2.45) is 0 Å². The van der Waals surface area contributed by atoms with Crippen LogP contribution in [0.4, 0.5) is 11.4 Å². The Morgan fingerprint density at radius 3 is 2.75 bits per heavy atom. The Bertz CT molecular complexity index is 622. The summed E-state index contributed by atoms with van der Waals surface area (Å²) in [6.45, 7) is 2.05. The summed E-state index contributed by atoms with van der Waals surface area (Å²) in [5, 5.41) is 5.50. The second-order valence-electron chi connectivity index (χ2n) is 4.64. The lowest BCUT2D eigenvalue weighted by Crippen LogP contribution is -2.16. The second kappa shape index (κ2) is 6.29. The van der Waals surface area contributed by atoms with Crippen LogP contribution in [0.25, 0.3) is 0 Å². The molecule has 2 rings (SSSR count). The molecule has 0 fully saturated rings. The van der Waals surface area contributed by atoms with Crippen LogP contribution in [0.2, 0.25) is 5.02 Å². The van der Waals surface area contributed by atoms with Gasteiger partial charge in [-0.2, -0.15) is 0 Å². The molecule has 0 aliphatic carbocycles.